The van der Waals surface area contributed by atoms with Crippen LogP contribution in [0.3, 0.4) is 0 Å². The zero-order valence-electron chi connectivity index (χ0n) is 21.8. The Balaban J connectivity index is 1.66. The first-order chi connectivity index (χ1) is 19.8. The normalized spacial score (nSPS) is 15.7. The highest BCUT2D eigenvalue weighted by atomic mass is 19.4. The molecule has 16 heteroatoms. The van der Waals surface area contributed by atoms with Gasteiger partial charge in [0.15, 0.2) is 5.75 Å². The second-order valence-electron chi connectivity index (χ2n) is 10.1. The van der Waals surface area contributed by atoms with E-state index in [1.165, 1.54) is 13.1 Å². The number of anilines is 1. The zero-order chi connectivity index (χ0) is 30.3. The first-order valence-corrected chi connectivity index (χ1v) is 12.5. The molecule has 1 fully saturated rings. The highest BCUT2D eigenvalue weighted by molar-refractivity contribution is 5.93. The van der Waals surface area contributed by atoms with E-state index in [9.17, 15) is 37.1 Å². The number of benzene rings is 1. The molecule has 0 radical (unpaired) electrons. The van der Waals surface area contributed by atoms with Gasteiger partial charge in [-0.2, -0.15) is 28.6 Å². The average Bonchev–Trinajstić information content (AvgIpc) is 3.58. The fourth-order valence-electron chi connectivity index (χ4n) is 5.39. The van der Waals surface area contributed by atoms with E-state index in [-0.39, 0.29) is 32.9 Å². The lowest BCUT2D eigenvalue weighted by molar-refractivity contribution is -0.135. The molecule has 0 amide bonds. The highest BCUT2D eigenvalue weighted by Crippen LogP contribution is 2.56. The number of hydrogen-bond donors (Lipinski definition) is 2. The summed E-state index contributed by atoms with van der Waals surface area (Å²) < 4.78 is 93.9. The summed E-state index contributed by atoms with van der Waals surface area (Å²) in [6.45, 7) is -0.176. The fourth-order valence-corrected chi connectivity index (χ4v) is 5.39. The summed E-state index contributed by atoms with van der Waals surface area (Å²) in [6.07, 6.45) is -6.40. The Morgan fingerprint density at radius 3 is 2.62 bits per heavy atom. The summed E-state index contributed by atoms with van der Waals surface area (Å²) in [5.74, 6) is -1.62. The molecule has 1 aliphatic heterocycles. The van der Waals surface area contributed by atoms with Crippen molar-refractivity contribution in [2.75, 3.05) is 11.4 Å². The maximum atomic E-state index is 16.2. The molecule has 3 aromatic heterocycles. The maximum absolute atomic E-state index is 16.2. The number of aryl methyl sites for hydroxylation is 1. The van der Waals surface area contributed by atoms with Crippen LogP contribution in [0.5, 0.6) is 5.75 Å². The molecule has 218 valence electrons. The van der Waals surface area contributed by atoms with Crippen LogP contribution in [0.4, 0.5) is 32.0 Å². The van der Waals surface area contributed by atoms with Crippen LogP contribution in [0.25, 0.3) is 33.3 Å². The first-order valence-electron chi connectivity index (χ1n) is 12.5. The maximum Gasteiger partial charge on any atom is 0.485 e. The number of hydrogen-bond acceptors (Lipinski definition) is 8. The van der Waals surface area contributed by atoms with E-state index in [4.69, 9.17) is 4.74 Å². The number of halogens is 6. The molecule has 0 unspecified atom stereocenters. The SMILES string of the molecule is Cc1c(F)c(-c2c(-c3cc4c(CO)n[nH]c(=O)c4c(C(F)F)n3)cnn2C)c(C#N)c2c1N(C(F)(F)F)CC1(CC1)O2. The predicted molar refractivity (Wildman–Crippen MR) is 134 cm³/mol. The topological polar surface area (TPSA) is 133 Å². The Morgan fingerprint density at radius 1 is 1.31 bits per heavy atom. The van der Waals surface area contributed by atoms with Crippen molar-refractivity contribution in [2.24, 2.45) is 7.05 Å². The lowest BCUT2D eigenvalue weighted by atomic mass is 9.93. The van der Waals surface area contributed by atoms with E-state index >= 15 is 4.39 Å². The average molecular weight is 591 g/mol. The van der Waals surface area contributed by atoms with Crippen LogP contribution in [0.15, 0.2) is 17.1 Å². The number of nitriles is 1. The largest absolute Gasteiger partial charge is 0.485 e. The third-order valence-corrected chi connectivity index (χ3v) is 7.54. The molecular formula is C26H19F6N7O3. The lowest BCUT2D eigenvalue weighted by Crippen LogP contribution is -2.49. The number of ether oxygens (including phenoxy) is 1. The van der Waals surface area contributed by atoms with E-state index in [0.717, 1.165) is 17.8 Å². The van der Waals surface area contributed by atoms with E-state index in [2.05, 4.69) is 15.2 Å². The highest BCUT2D eigenvalue weighted by Gasteiger charge is 2.57. The van der Waals surface area contributed by atoms with Crippen LogP contribution in [-0.4, -0.2) is 48.5 Å². The van der Waals surface area contributed by atoms with Gasteiger partial charge in [-0.05, 0) is 25.8 Å². The number of alkyl halides is 5. The lowest BCUT2D eigenvalue weighted by Gasteiger charge is -2.39. The van der Waals surface area contributed by atoms with Gasteiger partial charge in [0.2, 0.25) is 0 Å². The van der Waals surface area contributed by atoms with E-state index in [1.807, 2.05) is 5.10 Å². The van der Waals surface area contributed by atoms with Gasteiger partial charge in [-0.15, -0.1) is 0 Å². The molecule has 4 heterocycles. The van der Waals surface area contributed by atoms with Gasteiger partial charge in [0.25, 0.3) is 12.0 Å². The third kappa shape index (κ3) is 3.98. The number of nitrogens with zero attached hydrogens (tertiary/aromatic N) is 6. The summed E-state index contributed by atoms with van der Waals surface area (Å²) in [4.78, 5) is 16.4. The molecular weight excluding hydrogens is 572 g/mol. The Kier molecular flexibility index (Phi) is 6.01. The van der Waals surface area contributed by atoms with Gasteiger partial charge in [-0.1, -0.05) is 0 Å². The number of H-pyrrole nitrogens is 1. The van der Waals surface area contributed by atoms with Crippen LogP contribution in [-0.2, 0) is 13.7 Å². The van der Waals surface area contributed by atoms with Gasteiger partial charge >= 0.3 is 6.30 Å². The quantitative estimate of drug-likeness (QED) is 0.264. The number of aromatic nitrogens is 5. The van der Waals surface area contributed by atoms with Crippen LogP contribution < -0.4 is 15.2 Å². The Bertz CT molecular complexity index is 1890. The van der Waals surface area contributed by atoms with E-state index in [0.29, 0.717) is 12.8 Å². The van der Waals surface area contributed by atoms with Crippen LogP contribution in [0, 0.1) is 24.1 Å². The summed E-state index contributed by atoms with van der Waals surface area (Å²) in [5, 5.41) is 29.0. The van der Waals surface area contributed by atoms with Crippen molar-refractivity contribution in [3.63, 3.8) is 0 Å². The second kappa shape index (κ2) is 9.18. The Morgan fingerprint density at radius 2 is 2.02 bits per heavy atom. The predicted octanol–water partition coefficient (Wildman–Crippen LogP) is 4.39. The van der Waals surface area contributed by atoms with E-state index < -0.39 is 82.1 Å². The van der Waals surface area contributed by atoms with Crippen LogP contribution >= 0.6 is 0 Å². The van der Waals surface area contributed by atoms with Gasteiger partial charge in [0, 0.05) is 23.6 Å². The molecule has 2 aliphatic rings. The standard InChI is InChI=1S/C26H19F6N7O3/c1-10-18(27)16(12(6-33)22-20(10)39(26(30,31)32)9-25(42-22)3-4-25)21-13(7-34-38(21)2)14-5-11-15(8-40)36-37-24(41)17(11)19(35-14)23(28)29/h5,7,23,40H,3-4,8-9H2,1-2H3,(H,37,41). The van der Waals surface area contributed by atoms with Gasteiger partial charge in [0.1, 0.15) is 28.7 Å². The molecule has 2 N–H and O–H groups in total. The number of pyridine rings is 1. The Labute approximate surface area is 231 Å². The molecule has 1 saturated carbocycles. The number of nitrogens with one attached hydrogen (secondary N) is 1. The van der Waals surface area contributed by atoms with Crippen LogP contribution in [0.2, 0.25) is 0 Å². The zero-order valence-corrected chi connectivity index (χ0v) is 21.8. The summed E-state index contributed by atoms with van der Waals surface area (Å²) in [5.41, 5.74) is -5.82. The Hall–Kier alpha value is -4.65. The number of rotatable bonds is 4. The summed E-state index contributed by atoms with van der Waals surface area (Å²) in [7, 11) is 1.36. The van der Waals surface area contributed by atoms with Gasteiger partial charge in [0.05, 0.1) is 53.1 Å². The van der Waals surface area contributed by atoms with Crippen molar-refractivity contribution in [2.45, 2.75) is 44.7 Å². The molecule has 6 rings (SSSR count). The molecule has 4 aromatic rings. The van der Waals surface area contributed by atoms with Crippen molar-refractivity contribution >= 4 is 16.5 Å². The van der Waals surface area contributed by atoms with Crippen molar-refractivity contribution in [3.8, 4) is 34.3 Å². The molecule has 0 bridgehead atoms. The minimum Gasteiger partial charge on any atom is -0.482 e. The minimum absolute atomic E-state index is 0.0762. The number of fused-ring (bicyclic) bond motifs is 2. The van der Waals surface area contributed by atoms with Gasteiger partial charge in [-0.25, -0.2) is 23.3 Å². The molecule has 1 aliphatic carbocycles. The van der Waals surface area contributed by atoms with E-state index in [1.54, 1.807) is 6.07 Å². The molecule has 42 heavy (non-hydrogen) atoms. The smallest absolute Gasteiger partial charge is 0.482 e. The van der Waals surface area contributed by atoms with Crippen molar-refractivity contribution in [1.29, 1.82) is 5.26 Å². The number of aromatic amines is 1. The van der Waals surface area contributed by atoms with Crippen molar-refractivity contribution in [1.82, 2.24) is 25.0 Å². The third-order valence-electron chi connectivity index (χ3n) is 7.54. The molecule has 1 aromatic carbocycles. The fraction of sp³-hybridized carbons (Fsp3) is 0.346. The second-order valence-corrected chi connectivity index (χ2v) is 10.1. The molecule has 0 atom stereocenters. The van der Waals surface area contributed by atoms with Gasteiger partial charge in [-0.3, -0.25) is 14.4 Å². The first kappa shape index (κ1) is 27.5. The summed E-state index contributed by atoms with van der Waals surface area (Å²) >= 11 is 0. The van der Waals surface area contributed by atoms with Crippen LogP contribution in [0.1, 0.15) is 41.8 Å². The van der Waals surface area contributed by atoms with Crippen molar-refractivity contribution < 1.29 is 36.2 Å². The molecule has 10 nitrogen and oxygen atoms in total. The minimum atomic E-state index is -4.89. The monoisotopic (exact) mass is 591 g/mol. The number of aliphatic hydroxyl groups is 1. The molecule has 1 spiro atoms. The number of aliphatic hydroxyl groups excluding tert-OH is 1. The van der Waals surface area contributed by atoms with Gasteiger partial charge < -0.3 is 9.84 Å². The molecule has 0 saturated heterocycles. The summed E-state index contributed by atoms with van der Waals surface area (Å²) in [6, 6.07) is 2.97. The van der Waals surface area contributed by atoms with Crippen molar-refractivity contribution in [3.05, 3.63) is 50.9 Å².